The molecular weight excluding hydrogens is 246 g/mol. The van der Waals surface area contributed by atoms with Gasteiger partial charge in [-0.25, -0.2) is 0 Å². The van der Waals surface area contributed by atoms with Gasteiger partial charge in [-0.1, -0.05) is 13.0 Å². The van der Waals surface area contributed by atoms with Crippen LogP contribution in [0.4, 0.5) is 5.69 Å². The molecule has 0 aliphatic carbocycles. The fraction of sp³-hybridized carbons (Fsp3) is 0.571. The van der Waals surface area contributed by atoms with E-state index in [9.17, 15) is 5.11 Å². The third-order valence-electron chi connectivity index (χ3n) is 3.66. The number of nitrogens with one attached hydrogen (secondary N) is 1. The van der Waals surface area contributed by atoms with E-state index in [2.05, 4.69) is 12.2 Å². The molecule has 100 valence electrons. The zero-order valence-corrected chi connectivity index (χ0v) is 11.8. The van der Waals surface area contributed by atoms with Crippen molar-refractivity contribution in [2.24, 2.45) is 0 Å². The maximum atomic E-state index is 9.79. The van der Waals surface area contributed by atoms with Crippen LogP contribution in [-0.4, -0.2) is 35.4 Å². The summed E-state index contributed by atoms with van der Waals surface area (Å²) >= 11 is 1.93. The van der Waals surface area contributed by atoms with Crippen molar-refractivity contribution in [1.29, 1.82) is 0 Å². The standard InChI is InChI=1S/C14H21NO2S/c1-11-14(10-16,7-4-8-18-11)15-12-5-3-6-13(9-12)17-2/h3,5-6,9,11,15-16H,4,7-8,10H2,1-2H3. The van der Waals surface area contributed by atoms with Crippen molar-refractivity contribution in [3.8, 4) is 5.75 Å². The summed E-state index contributed by atoms with van der Waals surface area (Å²) in [5, 5.41) is 13.7. The van der Waals surface area contributed by atoms with E-state index in [0.717, 1.165) is 24.3 Å². The summed E-state index contributed by atoms with van der Waals surface area (Å²) in [6.07, 6.45) is 2.15. The van der Waals surface area contributed by atoms with Crippen LogP contribution in [-0.2, 0) is 0 Å². The zero-order chi connectivity index (χ0) is 13.0. The maximum Gasteiger partial charge on any atom is 0.120 e. The summed E-state index contributed by atoms with van der Waals surface area (Å²) in [5.74, 6) is 2.02. The molecule has 4 heteroatoms. The van der Waals surface area contributed by atoms with Crippen molar-refractivity contribution < 1.29 is 9.84 Å². The fourth-order valence-electron chi connectivity index (χ4n) is 2.41. The number of ether oxygens (including phenoxy) is 1. The fourth-order valence-corrected chi connectivity index (χ4v) is 3.64. The number of methoxy groups -OCH3 is 1. The van der Waals surface area contributed by atoms with E-state index in [0.29, 0.717) is 5.25 Å². The van der Waals surface area contributed by atoms with E-state index >= 15 is 0 Å². The minimum atomic E-state index is -0.213. The molecule has 2 rings (SSSR count). The van der Waals surface area contributed by atoms with Gasteiger partial charge in [0.1, 0.15) is 5.75 Å². The molecule has 1 aromatic rings. The van der Waals surface area contributed by atoms with Gasteiger partial charge in [0.2, 0.25) is 0 Å². The Balaban J connectivity index is 2.18. The normalized spacial score (nSPS) is 27.8. The second-order valence-electron chi connectivity index (χ2n) is 4.79. The van der Waals surface area contributed by atoms with Gasteiger partial charge in [0.15, 0.2) is 0 Å². The molecule has 1 fully saturated rings. The number of anilines is 1. The van der Waals surface area contributed by atoms with E-state index in [-0.39, 0.29) is 12.1 Å². The van der Waals surface area contributed by atoms with Crippen LogP contribution < -0.4 is 10.1 Å². The summed E-state index contributed by atoms with van der Waals surface area (Å²) in [6, 6.07) is 7.89. The number of hydrogen-bond acceptors (Lipinski definition) is 4. The second-order valence-corrected chi connectivity index (χ2v) is 6.24. The predicted molar refractivity (Wildman–Crippen MR) is 77.6 cm³/mol. The first-order valence-corrected chi connectivity index (χ1v) is 7.40. The third-order valence-corrected chi connectivity index (χ3v) is 5.13. The predicted octanol–water partition coefficient (Wildman–Crippen LogP) is 2.75. The average Bonchev–Trinajstić information content (AvgIpc) is 2.42. The zero-order valence-electron chi connectivity index (χ0n) is 11.0. The Labute approximate surface area is 113 Å². The molecule has 3 nitrogen and oxygen atoms in total. The minimum absolute atomic E-state index is 0.165. The average molecular weight is 267 g/mol. The quantitative estimate of drug-likeness (QED) is 0.880. The molecule has 0 aromatic heterocycles. The lowest BCUT2D eigenvalue weighted by molar-refractivity contribution is 0.198. The number of rotatable bonds is 4. The Morgan fingerprint density at radius 1 is 1.56 bits per heavy atom. The monoisotopic (exact) mass is 267 g/mol. The first-order chi connectivity index (χ1) is 8.70. The van der Waals surface area contributed by atoms with Crippen LogP contribution in [0.1, 0.15) is 19.8 Å². The molecule has 2 unspecified atom stereocenters. The number of thioether (sulfide) groups is 1. The highest BCUT2D eigenvalue weighted by atomic mass is 32.2. The van der Waals surface area contributed by atoms with Crippen molar-refractivity contribution in [2.45, 2.75) is 30.6 Å². The molecule has 18 heavy (non-hydrogen) atoms. The molecule has 0 radical (unpaired) electrons. The van der Waals surface area contributed by atoms with Crippen molar-refractivity contribution in [3.63, 3.8) is 0 Å². The SMILES string of the molecule is COc1cccc(NC2(CO)CCCSC2C)c1. The van der Waals surface area contributed by atoms with Gasteiger partial charge in [0.05, 0.1) is 19.3 Å². The van der Waals surface area contributed by atoms with Crippen LogP contribution in [0.2, 0.25) is 0 Å². The van der Waals surface area contributed by atoms with Crippen molar-refractivity contribution in [3.05, 3.63) is 24.3 Å². The van der Waals surface area contributed by atoms with Gasteiger partial charge in [-0.15, -0.1) is 0 Å². The minimum Gasteiger partial charge on any atom is -0.497 e. The highest BCUT2D eigenvalue weighted by Crippen LogP contribution is 2.36. The number of hydrogen-bond donors (Lipinski definition) is 2. The molecule has 0 saturated carbocycles. The maximum absolute atomic E-state index is 9.79. The van der Waals surface area contributed by atoms with E-state index in [4.69, 9.17) is 4.74 Å². The molecular formula is C14H21NO2S. The summed E-state index contributed by atoms with van der Waals surface area (Å²) in [6.45, 7) is 2.35. The summed E-state index contributed by atoms with van der Waals surface area (Å²) in [4.78, 5) is 0. The summed E-state index contributed by atoms with van der Waals surface area (Å²) < 4.78 is 5.23. The van der Waals surface area contributed by atoms with E-state index in [1.807, 2.05) is 36.0 Å². The van der Waals surface area contributed by atoms with E-state index < -0.39 is 0 Å². The molecule has 0 bridgehead atoms. The van der Waals surface area contributed by atoms with E-state index in [1.165, 1.54) is 5.75 Å². The topological polar surface area (TPSA) is 41.5 Å². The van der Waals surface area contributed by atoms with Crippen molar-refractivity contribution in [1.82, 2.24) is 0 Å². The molecule has 1 saturated heterocycles. The van der Waals surface area contributed by atoms with Crippen molar-refractivity contribution >= 4 is 17.4 Å². The summed E-state index contributed by atoms with van der Waals surface area (Å²) in [5.41, 5.74) is 0.799. The molecule has 2 N–H and O–H groups in total. The first kappa shape index (κ1) is 13.6. The number of benzene rings is 1. The van der Waals surface area contributed by atoms with Crippen LogP contribution in [0, 0.1) is 0 Å². The highest BCUT2D eigenvalue weighted by molar-refractivity contribution is 8.00. The lowest BCUT2D eigenvalue weighted by Gasteiger charge is -2.42. The Morgan fingerprint density at radius 2 is 2.39 bits per heavy atom. The summed E-state index contributed by atoms with van der Waals surface area (Å²) in [7, 11) is 1.67. The van der Waals surface area contributed by atoms with E-state index in [1.54, 1.807) is 7.11 Å². The van der Waals surface area contributed by atoms with Crippen molar-refractivity contribution in [2.75, 3.05) is 24.8 Å². The Hall–Kier alpha value is -0.870. The number of aliphatic hydroxyl groups excluding tert-OH is 1. The van der Waals surface area contributed by atoms with Gasteiger partial charge in [0, 0.05) is 17.0 Å². The van der Waals surface area contributed by atoms with Crippen LogP contribution in [0.25, 0.3) is 0 Å². The van der Waals surface area contributed by atoms with Gasteiger partial charge in [-0.3, -0.25) is 0 Å². The lowest BCUT2D eigenvalue weighted by Crippen LogP contribution is -2.51. The second kappa shape index (κ2) is 5.85. The molecule has 1 aromatic carbocycles. The van der Waals surface area contributed by atoms with Crippen LogP contribution in [0.3, 0.4) is 0 Å². The lowest BCUT2D eigenvalue weighted by atomic mass is 9.90. The van der Waals surface area contributed by atoms with Gasteiger partial charge in [0.25, 0.3) is 0 Å². The smallest absolute Gasteiger partial charge is 0.120 e. The number of aliphatic hydroxyl groups is 1. The molecule has 0 spiro atoms. The van der Waals surface area contributed by atoms with Gasteiger partial charge in [-0.2, -0.15) is 11.8 Å². The van der Waals surface area contributed by atoms with Gasteiger partial charge in [-0.05, 0) is 30.7 Å². The molecule has 0 amide bonds. The molecule has 2 atom stereocenters. The molecule has 1 aliphatic rings. The first-order valence-electron chi connectivity index (χ1n) is 6.35. The molecule has 1 aliphatic heterocycles. The third kappa shape index (κ3) is 2.75. The Kier molecular flexibility index (Phi) is 4.40. The van der Waals surface area contributed by atoms with Crippen LogP contribution >= 0.6 is 11.8 Å². The Bertz CT molecular complexity index is 399. The Morgan fingerprint density at radius 3 is 3.06 bits per heavy atom. The van der Waals surface area contributed by atoms with Gasteiger partial charge < -0.3 is 15.2 Å². The largest absolute Gasteiger partial charge is 0.497 e. The van der Waals surface area contributed by atoms with Crippen LogP contribution in [0.15, 0.2) is 24.3 Å². The highest BCUT2D eigenvalue weighted by Gasteiger charge is 2.38. The molecule has 1 heterocycles. The van der Waals surface area contributed by atoms with Gasteiger partial charge >= 0.3 is 0 Å². The van der Waals surface area contributed by atoms with Crippen LogP contribution in [0.5, 0.6) is 5.75 Å².